The number of carbonyl (C=O) groups excluding carboxylic acids is 2. The van der Waals surface area contributed by atoms with Crippen LogP contribution in [0.1, 0.15) is 16.7 Å². The van der Waals surface area contributed by atoms with E-state index in [2.05, 4.69) is 5.32 Å². The first-order chi connectivity index (χ1) is 14.6. The Kier molecular flexibility index (Phi) is 5.53. The van der Waals surface area contributed by atoms with Gasteiger partial charge >= 0.3 is 6.03 Å². The molecule has 152 valence electrons. The van der Waals surface area contributed by atoms with E-state index in [1.54, 1.807) is 0 Å². The number of amides is 3. The predicted molar refractivity (Wildman–Crippen MR) is 115 cm³/mol. The molecule has 1 atom stereocenters. The Morgan fingerprint density at radius 3 is 2.20 bits per heavy atom. The summed E-state index contributed by atoms with van der Waals surface area (Å²) in [4.78, 5) is 27.6. The van der Waals surface area contributed by atoms with Crippen LogP contribution in [0.15, 0.2) is 84.9 Å². The van der Waals surface area contributed by atoms with Crippen molar-refractivity contribution in [1.29, 1.82) is 0 Å². The normalized spacial score (nSPS) is 18.4. The lowest BCUT2D eigenvalue weighted by molar-refractivity contribution is -0.131. The average molecular weight is 400 g/mol. The van der Waals surface area contributed by atoms with E-state index in [0.29, 0.717) is 6.42 Å². The molecule has 5 nitrogen and oxygen atoms in total. The molecule has 0 radical (unpaired) electrons. The zero-order valence-electron chi connectivity index (χ0n) is 16.9. The maximum atomic E-state index is 13.5. The summed E-state index contributed by atoms with van der Waals surface area (Å²) in [6.07, 6.45) is 0.386. The lowest BCUT2D eigenvalue weighted by Gasteiger charge is -2.27. The molecule has 5 heteroatoms. The topological polar surface area (TPSA) is 58.6 Å². The van der Waals surface area contributed by atoms with Gasteiger partial charge in [-0.25, -0.2) is 4.79 Å². The lowest BCUT2D eigenvalue weighted by Crippen LogP contribution is -2.46. The Balaban J connectivity index is 1.57. The molecule has 4 rings (SSSR count). The standard InChI is InChI=1S/C25H24N2O3/c1-19-10-8-9-15-22(19)30-17-16-27-23(28)25(26-24(27)29,21-13-6-3-7-14-21)18-20-11-4-2-5-12-20/h2-15H,16-18H2,1H3,(H,26,29). The van der Waals surface area contributed by atoms with E-state index in [9.17, 15) is 9.59 Å². The van der Waals surface area contributed by atoms with Crippen LogP contribution in [0.4, 0.5) is 4.79 Å². The van der Waals surface area contributed by atoms with E-state index in [0.717, 1.165) is 22.4 Å². The monoisotopic (exact) mass is 400 g/mol. The molecule has 3 aromatic rings. The van der Waals surface area contributed by atoms with Crippen molar-refractivity contribution in [2.75, 3.05) is 13.2 Å². The van der Waals surface area contributed by atoms with Crippen molar-refractivity contribution in [2.45, 2.75) is 18.9 Å². The van der Waals surface area contributed by atoms with Crippen LogP contribution in [0.3, 0.4) is 0 Å². The fourth-order valence-corrected chi connectivity index (χ4v) is 3.84. The number of benzene rings is 3. The highest BCUT2D eigenvalue weighted by atomic mass is 16.5. The lowest BCUT2D eigenvalue weighted by atomic mass is 9.83. The second kappa shape index (κ2) is 8.41. The van der Waals surface area contributed by atoms with Crippen LogP contribution in [0, 0.1) is 6.92 Å². The molecule has 1 aliphatic rings. The van der Waals surface area contributed by atoms with E-state index >= 15 is 0 Å². The molecule has 1 fully saturated rings. The Hall–Kier alpha value is -3.60. The summed E-state index contributed by atoms with van der Waals surface area (Å²) in [5.41, 5.74) is 1.64. The number of rotatable bonds is 7. The van der Waals surface area contributed by atoms with Crippen molar-refractivity contribution in [1.82, 2.24) is 10.2 Å². The number of nitrogens with zero attached hydrogens (tertiary/aromatic N) is 1. The minimum absolute atomic E-state index is 0.183. The summed E-state index contributed by atoms with van der Waals surface area (Å²) >= 11 is 0. The molecule has 3 aromatic carbocycles. The smallest absolute Gasteiger partial charge is 0.325 e. The van der Waals surface area contributed by atoms with Gasteiger partial charge in [0.1, 0.15) is 12.4 Å². The van der Waals surface area contributed by atoms with Crippen LogP contribution in [0.2, 0.25) is 0 Å². The van der Waals surface area contributed by atoms with Crippen LogP contribution in [0.25, 0.3) is 0 Å². The molecule has 1 aliphatic heterocycles. The first-order valence-electron chi connectivity index (χ1n) is 10.0. The molecular weight excluding hydrogens is 376 g/mol. The van der Waals surface area contributed by atoms with Crippen molar-refractivity contribution in [3.05, 3.63) is 102 Å². The van der Waals surface area contributed by atoms with Gasteiger partial charge in [-0.05, 0) is 29.7 Å². The van der Waals surface area contributed by atoms with E-state index in [1.165, 1.54) is 4.90 Å². The molecule has 0 aromatic heterocycles. The molecule has 1 unspecified atom stereocenters. The van der Waals surface area contributed by atoms with Crippen LogP contribution in [0.5, 0.6) is 5.75 Å². The van der Waals surface area contributed by atoms with Gasteiger partial charge in [0.2, 0.25) is 0 Å². The molecule has 1 heterocycles. The fraction of sp³-hybridized carbons (Fsp3) is 0.200. The zero-order valence-corrected chi connectivity index (χ0v) is 16.9. The van der Waals surface area contributed by atoms with Gasteiger partial charge in [-0.15, -0.1) is 0 Å². The van der Waals surface area contributed by atoms with Crippen LogP contribution >= 0.6 is 0 Å². The molecule has 30 heavy (non-hydrogen) atoms. The number of urea groups is 1. The number of aryl methyl sites for hydroxylation is 1. The minimum atomic E-state index is -1.12. The first-order valence-corrected chi connectivity index (χ1v) is 10.0. The second-order valence-corrected chi connectivity index (χ2v) is 7.43. The third-order valence-corrected chi connectivity index (χ3v) is 5.42. The van der Waals surface area contributed by atoms with E-state index in [4.69, 9.17) is 4.74 Å². The first kappa shape index (κ1) is 19.7. The van der Waals surface area contributed by atoms with Gasteiger partial charge in [0, 0.05) is 6.42 Å². The van der Waals surface area contributed by atoms with Gasteiger partial charge in [0.25, 0.3) is 5.91 Å². The molecule has 1 N–H and O–H groups in total. The summed E-state index contributed by atoms with van der Waals surface area (Å²) in [6.45, 7) is 2.38. The highest BCUT2D eigenvalue weighted by molar-refractivity contribution is 6.07. The summed E-state index contributed by atoms with van der Waals surface area (Å²) < 4.78 is 5.81. The van der Waals surface area contributed by atoms with Crippen molar-refractivity contribution in [3.8, 4) is 5.75 Å². The molecule has 0 aliphatic carbocycles. The highest BCUT2D eigenvalue weighted by Gasteiger charge is 2.52. The SMILES string of the molecule is Cc1ccccc1OCCN1C(=O)NC(Cc2ccccc2)(c2ccccc2)C1=O. The quantitative estimate of drug-likeness (QED) is 0.609. The zero-order chi connectivity index (χ0) is 21.0. The highest BCUT2D eigenvalue weighted by Crippen LogP contribution is 2.33. The average Bonchev–Trinajstić information content (AvgIpc) is 3.01. The van der Waals surface area contributed by atoms with Crippen molar-refractivity contribution < 1.29 is 14.3 Å². The molecule has 0 saturated carbocycles. The maximum Gasteiger partial charge on any atom is 0.325 e. The number of hydrogen-bond donors (Lipinski definition) is 1. The second-order valence-electron chi connectivity index (χ2n) is 7.43. The third kappa shape index (κ3) is 3.79. The molecule has 1 saturated heterocycles. The van der Waals surface area contributed by atoms with Gasteiger partial charge < -0.3 is 10.1 Å². The van der Waals surface area contributed by atoms with E-state index in [1.807, 2.05) is 91.9 Å². The largest absolute Gasteiger partial charge is 0.491 e. The van der Waals surface area contributed by atoms with Gasteiger partial charge in [0.15, 0.2) is 5.54 Å². The van der Waals surface area contributed by atoms with Crippen molar-refractivity contribution in [3.63, 3.8) is 0 Å². The predicted octanol–water partition coefficient (Wildman–Crippen LogP) is 4.06. The van der Waals surface area contributed by atoms with Gasteiger partial charge in [0.05, 0.1) is 6.54 Å². The number of ether oxygens (including phenoxy) is 1. The summed E-state index contributed by atoms with van der Waals surface area (Å²) in [5, 5.41) is 2.97. The minimum Gasteiger partial charge on any atom is -0.491 e. The van der Waals surface area contributed by atoms with E-state index < -0.39 is 11.6 Å². The number of para-hydroxylation sites is 1. The van der Waals surface area contributed by atoms with Crippen molar-refractivity contribution >= 4 is 11.9 Å². The number of nitrogens with one attached hydrogen (secondary N) is 1. The van der Waals surface area contributed by atoms with Crippen LogP contribution in [-0.4, -0.2) is 30.0 Å². The molecule has 3 amide bonds. The maximum absolute atomic E-state index is 13.5. The van der Waals surface area contributed by atoms with Gasteiger partial charge in [-0.2, -0.15) is 0 Å². The summed E-state index contributed by atoms with van der Waals surface area (Å²) in [7, 11) is 0. The Labute approximate surface area is 176 Å². The van der Waals surface area contributed by atoms with Crippen LogP contribution < -0.4 is 10.1 Å². The third-order valence-electron chi connectivity index (χ3n) is 5.42. The molecule has 0 bridgehead atoms. The Morgan fingerprint density at radius 1 is 0.867 bits per heavy atom. The van der Waals surface area contributed by atoms with Crippen molar-refractivity contribution in [2.24, 2.45) is 0 Å². The fourth-order valence-electron chi connectivity index (χ4n) is 3.84. The van der Waals surface area contributed by atoms with E-state index in [-0.39, 0.29) is 19.1 Å². The van der Waals surface area contributed by atoms with Crippen LogP contribution in [-0.2, 0) is 16.8 Å². The number of carbonyl (C=O) groups is 2. The Bertz CT molecular complexity index is 1040. The molecular formula is C25H24N2O3. The summed E-state index contributed by atoms with van der Waals surface area (Å²) in [5.74, 6) is 0.499. The van der Waals surface area contributed by atoms with Gasteiger partial charge in [-0.3, -0.25) is 9.69 Å². The molecule has 0 spiro atoms. The number of imide groups is 1. The van der Waals surface area contributed by atoms with Gasteiger partial charge in [-0.1, -0.05) is 78.9 Å². The number of hydrogen-bond acceptors (Lipinski definition) is 3. The Morgan fingerprint density at radius 2 is 1.50 bits per heavy atom. The summed E-state index contributed by atoms with van der Waals surface area (Å²) in [6, 6.07) is 26.4.